The molecule has 0 aliphatic heterocycles. The third-order valence-electron chi connectivity index (χ3n) is 4.70. The minimum absolute atomic E-state index is 0.0535. The average Bonchev–Trinajstić information content (AvgIpc) is 2.68. The number of carbonyl (C=O) groups excluding carboxylic acids is 2. The summed E-state index contributed by atoms with van der Waals surface area (Å²) in [6.45, 7) is 8.06. The van der Waals surface area contributed by atoms with Gasteiger partial charge in [-0.3, -0.25) is 0 Å². The van der Waals surface area contributed by atoms with Gasteiger partial charge in [-0.05, 0) is 13.3 Å². The molecule has 0 aromatic heterocycles. The van der Waals surface area contributed by atoms with Crippen LogP contribution in [-0.4, -0.2) is 31.8 Å². The van der Waals surface area contributed by atoms with Crippen LogP contribution < -0.4 is 5.32 Å². The highest BCUT2D eigenvalue weighted by molar-refractivity contribution is 5.86. The lowest BCUT2D eigenvalue weighted by Crippen LogP contribution is -2.26. The fourth-order valence-electron chi connectivity index (χ4n) is 2.95. The second kappa shape index (κ2) is 20.2. The van der Waals surface area contributed by atoms with Crippen LogP contribution >= 0.6 is 0 Å². The first-order valence-electron chi connectivity index (χ1n) is 11.3. The number of hydrogen-bond acceptors (Lipinski definition) is 4. The van der Waals surface area contributed by atoms with Crippen molar-refractivity contribution >= 4 is 12.1 Å². The highest BCUT2D eigenvalue weighted by Gasteiger charge is 2.04. The first kappa shape index (κ1) is 26.5. The van der Waals surface area contributed by atoms with E-state index in [0.29, 0.717) is 12.1 Å². The van der Waals surface area contributed by atoms with Crippen molar-refractivity contribution < 1.29 is 19.1 Å². The third kappa shape index (κ3) is 19.2. The van der Waals surface area contributed by atoms with Crippen LogP contribution in [0.5, 0.6) is 0 Å². The molecule has 0 saturated heterocycles. The maximum absolute atomic E-state index is 11.5. The molecule has 0 radical (unpaired) electrons. The highest BCUT2D eigenvalue weighted by atomic mass is 16.6. The molecular formula is C23H43NO4. The van der Waals surface area contributed by atoms with Crippen LogP contribution in [-0.2, 0) is 14.3 Å². The highest BCUT2D eigenvalue weighted by Crippen LogP contribution is 2.12. The van der Waals surface area contributed by atoms with Gasteiger partial charge in [-0.15, -0.1) is 0 Å². The van der Waals surface area contributed by atoms with E-state index in [1.807, 2.05) is 0 Å². The van der Waals surface area contributed by atoms with Crippen LogP contribution in [0.3, 0.4) is 0 Å². The number of esters is 1. The van der Waals surface area contributed by atoms with Crippen molar-refractivity contribution in [3.05, 3.63) is 12.2 Å². The van der Waals surface area contributed by atoms with Gasteiger partial charge in [0.25, 0.3) is 0 Å². The molecule has 0 rings (SSSR count). The minimum Gasteiger partial charge on any atom is -0.459 e. The van der Waals surface area contributed by atoms with Gasteiger partial charge < -0.3 is 14.8 Å². The van der Waals surface area contributed by atoms with Crippen LogP contribution in [0.15, 0.2) is 12.2 Å². The SMILES string of the molecule is C=C(C)C(=O)OCCOC(=O)NCCCCCCCCCCCCCCCC. The van der Waals surface area contributed by atoms with Crippen LogP contribution in [0.25, 0.3) is 0 Å². The number of nitrogens with one attached hydrogen (secondary N) is 1. The number of amides is 1. The zero-order chi connectivity index (χ0) is 20.9. The van der Waals surface area contributed by atoms with Gasteiger partial charge in [-0.25, -0.2) is 9.59 Å². The lowest BCUT2D eigenvalue weighted by molar-refractivity contribution is -0.139. The second-order valence-corrected chi connectivity index (χ2v) is 7.58. The number of carbonyl (C=O) groups is 2. The third-order valence-corrected chi connectivity index (χ3v) is 4.70. The lowest BCUT2D eigenvalue weighted by Gasteiger charge is -2.08. The van der Waals surface area contributed by atoms with E-state index in [2.05, 4.69) is 18.8 Å². The Morgan fingerprint density at radius 1 is 0.714 bits per heavy atom. The molecule has 0 aliphatic carbocycles. The van der Waals surface area contributed by atoms with Gasteiger partial charge in [-0.2, -0.15) is 0 Å². The van der Waals surface area contributed by atoms with E-state index < -0.39 is 12.1 Å². The van der Waals surface area contributed by atoms with Crippen molar-refractivity contribution in [2.24, 2.45) is 0 Å². The topological polar surface area (TPSA) is 64.6 Å². The molecular weight excluding hydrogens is 354 g/mol. The van der Waals surface area contributed by atoms with Gasteiger partial charge in [0, 0.05) is 12.1 Å². The Labute approximate surface area is 172 Å². The summed E-state index contributed by atoms with van der Waals surface area (Å²) in [4.78, 5) is 22.6. The molecule has 164 valence electrons. The van der Waals surface area contributed by atoms with Gasteiger partial charge in [0.2, 0.25) is 0 Å². The summed E-state index contributed by atoms with van der Waals surface area (Å²) in [7, 11) is 0. The summed E-state index contributed by atoms with van der Waals surface area (Å²) in [6, 6.07) is 0. The Kier molecular flexibility index (Phi) is 19.1. The predicted molar refractivity (Wildman–Crippen MR) is 115 cm³/mol. The molecule has 1 amide bonds. The van der Waals surface area contributed by atoms with Crippen LogP contribution in [0.4, 0.5) is 4.79 Å². The molecule has 0 saturated carbocycles. The quantitative estimate of drug-likeness (QED) is 0.157. The van der Waals surface area contributed by atoms with Gasteiger partial charge in [0.1, 0.15) is 13.2 Å². The summed E-state index contributed by atoms with van der Waals surface area (Å²) in [5, 5.41) is 2.72. The number of hydrogen-bond donors (Lipinski definition) is 1. The molecule has 28 heavy (non-hydrogen) atoms. The molecule has 0 fully saturated rings. The van der Waals surface area contributed by atoms with Crippen molar-refractivity contribution in [3.8, 4) is 0 Å². The molecule has 5 heteroatoms. The largest absolute Gasteiger partial charge is 0.459 e. The molecule has 0 aliphatic rings. The van der Waals surface area contributed by atoms with E-state index >= 15 is 0 Å². The second-order valence-electron chi connectivity index (χ2n) is 7.58. The summed E-state index contributed by atoms with van der Waals surface area (Å²) >= 11 is 0. The van der Waals surface area contributed by atoms with E-state index in [1.54, 1.807) is 6.92 Å². The van der Waals surface area contributed by atoms with E-state index in [0.717, 1.165) is 12.8 Å². The smallest absolute Gasteiger partial charge is 0.407 e. The molecule has 1 N–H and O–H groups in total. The minimum atomic E-state index is -0.466. The fourth-order valence-corrected chi connectivity index (χ4v) is 2.95. The molecule has 0 spiro atoms. The number of alkyl carbamates (subject to hydrolysis) is 1. The number of rotatable bonds is 19. The summed E-state index contributed by atoms with van der Waals surface area (Å²) in [6.07, 6.45) is 18.0. The fraction of sp³-hybridized carbons (Fsp3) is 0.826. The lowest BCUT2D eigenvalue weighted by atomic mass is 10.0. The van der Waals surface area contributed by atoms with Gasteiger partial charge in [0.05, 0.1) is 0 Å². The van der Waals surface area contributed by atoms with Crippen LogP contribution in [0.2, 0.25) is 0 Å². The summed E-state index contributed by atoms with van der Waals surface area (Å²) < 4.78 is 9.78. The molecule has 0 aromatic rings. The van der Waals surface area contributed by atoms with Crippen LogP contribution in [0, 0.1) is 0 Å². The van der Waals surface area contributed by atoms with Crippen molar-refractivity contribution in [2.75, 3.05) is 19.8 Å². The van der Waals surface area contributed by atoms with E-state index in [4.69, 9.17) is 9.47 Å². The van der Waals surface area contributed by atoms with Crippen molar-refractivity contribution in [1.29, 1.82) is 0 Å². The zero-order valence-electron chi connectivity index (χ0n) is 18.4. The summed E-state index contributed by atoms with van der Waals surface area (Å²) in [5.74, 6) is -0.466. The van der Waals surface area contributed by atoms with Crippen molar-refractivity contribution in [2.45, 2.75) is 104 Å². The molecule has 5 nitrogen and oxygen atoms in total. The Hall–Kier alpha value is -1.52. The maximum Gasteiger partial charge on any atom is 0.407 e. The van der Waals surface area contributed by atoms with Gasteiger partial charge in [0.15, 0.2) is 0 Å². The van der Waals surface area contributed by atoms with Crippen molar-refractivity contribution in [3.63, 3.8) is 0 Å². The van der Waals surface area contributed by atoms with Gasteiger partial charge in [-0.1, -0.05) is 97.0 Å². The number of unbranched alkanes of at least 4 members (excludes halogenated alkanes) is 13. The molecule has 0 heterocycles. The van der Waals surface area contributed by atoms with Gasteiger partial charge >= 0.3 is 12.1 Å². The van der Waals surface area contributed by atoms with E-state index in [-0.39, 0.29) is 13.2 Å². The predicted octanol–water partition coefficient (Wildman–Crippen LogP) is 6.31. The van der Waals surface area contributed by atoms with E-state index in [9.17, 15) is 9.59 Å². The molecule has 0 atom stereocenters. The molecule has 0 aromatic carbocycles. The number of ether oxygens (including phenoxy) is 2. The molecule has 0 bridgehead atoms. The Bertz CT molecular complexity index is 409. The Balaban J connectivity index is 3.21. The van der Waals surface area contributed by atoms with Crippen molar-refractivity contribution in [1.82, 2.24) is 5.32 Å². The average molecular weight is 398 g/mol. The maximum atomic E-state index is 11.5. The molecule has 0 unspecified atom stereocenters. The van der Waals surface area contributed by atoms with E-state index in [1.165, 1.54) is 77.0 Å². The first-order chi connectivity index (χ1) is 13.6. The van der Waals surface area contributed by atoms with Crippen LogP contribution in [0.1, 0.15) is 104 Å². The zero-order valence-corrected chi connectivity index (χ0v) is 18.4. The summed E-state index contributed by atoms with van der Waals surface area (Å²) in [5.41, 5.74) is 0.335. The Morgan fingerprint density at radius 2 is 1.14 bits per heavy atom. The first-order valence-corrected chi connectivity index (χ1v) is 11.3. The normalized spacial score (nSPS) is 10.5. The monoisotopic (exact) mass is 397 g/mol. The Morgan fingerprint density at radius 3 is 1.61 bits per heavy atom. The standard InChI is InChI=1S/C23H43NO4/c1-4-5-6-7-8-9-10-11-12-13-14-15-16-17-18-24-23(26)28-20-19-27-22(25)21(2)3/h2,4-20H2,1,3H3,(H,24,26).